The third kappa shape index (κ3) is 2.95. The molecule has 0 saturated carbocycles. The molecule has 0 fully saturated rings. The molecule has 0 aliphatic carbocycles. The van der Waals surface area contributed by atoms with E-state index in [0.29, 0.717) is 5.82 Å². The second kappa shape index (κ2) is 5.57. The SMILES string of the molecule is CN(Cc1cnn(C)c1)S(=O)(=O)c1ccnc(NN)c1. The molecule has 0 atom stereocenters. The maximum Gasteiger partial charge on any atom is 0.243 e. The van der Waals surface area contributed by atoms with Crippen molar-refractivity contribution in [3.63, 3.8) is 0 Å². The summed E-state index contributed by atoms with van der Waals surface area (Å²) in [6.45, 7) is 0.240. The molecule has 108 valence electrons. The Balaban J connectivity index is 2.24. The molecule has 20 heavy (non-hydrogen) atoms. The van der Waals surface area contributed by atoms with Crippen LogP contribution in [-0.4, -0.2) is 34.5 Å². The van der Waals surface area contributed by atoms with Crippen molar-refractivity contribution < 1.29 is 8.42 Å². The third-order valence-corrected chi connectivity index (χ3v) is 4.55. The quantitative estimate of drug-likeness (QED) is 0.590. The predicted molar refractivity (Wildman–Crippen MR) is 73.9 cm³/mol. The summed E-state index contributed by atoms with van der Waals surface area (Å²) in [7, 11) is -0.310. The van der Waals surface area contributed by atoms with Gasteiger partial charge in [0.1, 0.15) is 5.82 Å². The monoisotopic (exact) mass is 296 g/mol. The Bertz CT molecular complexity index is 696. The Labute approximate surface area is 117 Å². The van der Waals surface area contributed by atoms with E-state index in [9.17, 15) is 8.42 Å². The number of pyridine rings is 1. The Morgan fingerprint density at radius 2 is 2.25 bits per heavy atom. The van der Waals surface area contributed by atoms with Gasteiger partial charge in [0.2, 0.25) is 10.0 Å². The molecular weight excluding hydrogens is 280 g/mol. The van der Waals surface area contributed by atoms with Crippen molar-refractivity contribution in [3.8, 4) is 0 Å². The number of aromatic nitrogens is 3. The molecule has 0 unspecified atom stereocenters. The van der Waals surface area contributed by atoms with E-state index >= 15 is 0 Å². The molecule has 2 aromatic rings. The van der Waals surface area contributed by atoms with Crippen molar-refractivity contribution in [3.05, 3.63) is 36.3 Å². The fourth-order valence-electron chi connectivity index (χ4n) is 1.73. The minimum absolute atomic E-state index is 0.131. The first kappa shape index (κ1) is 14.4. The first-order chi connectivity index (χ1) is 9.43. The van der Waals surface area contributed by atoms with Gasteiger partial charge in [0.15, 0.2) is 0 Å². The number of aryl methyl sites for hydroxylation is 1. The number of hydrogen-bond donors (Lipinski definition) is 2. The molecule has 0 radical (unpaired) electrons. The zero-order chi connectivity index (χ0) is 14.8. The van der Waals surface area contributed by atoms with Crippen LogP contribution in [0.25, 0.3) is 0 Å². The number of nitrogens with two attached hydrogens (primary N) is 1. The molecule has 0 aromatic carbocycles. The summed E-state index contributed by atoms with van der Waals surface area (Å²) < 4.78 is 27.7. The zero-order valence-corrected chi connectivity index (χ0v) is 12.0. The molecule has 9 heteroatoms. The lowest BCUT2D eigenvalue weighted by molar-refractivity contribution is 0.466. The Morgan fingerprint density at radius 1 is 1.50 bits per heavy atom. The number of nitrogens with one attached hydrogen (secondary N) is 1. The molecule has 3 N–H and O–H groups in total. The highest BCUT2D eigenvalue weighted by Gasteiger charge is 2.21. The number of hydrogen-bond acceptors (Lipinski definition) is 6. The number of nitrogen functional groups attached to an aromatic ring is 1. The molecule has 0 aliphatic heterocycles. The molecule has 8 nitrogen and oxygen atoms in total. The minimum Gasteiger partial charge on any atom is -0.308 e. The van der Waals surface area contributed by atoms with Crippen molar-refractivity contribution >= 4 is 15.8 Å². The van der Waals surface area contributed by atoms with Crippen LogP contribution in [0.2, 0.25) is 0 Å². The molecule has 2 aromatic heterocycles. The topological polar surface area (TPSA) is 106 Å². The van der Waals surface area contributed by atoms with E-state index in [1.54, 1.807) is 24.1 Å². The standard InChI is InChI=1S/C11H16N6O2S/c1-16-7-9(6-14-16)8-17(2)20(18,19)10-3-4-13-11(5-10)15-12/h3-7H,8,12H2,1-2H3,(H,13,15). The Hall–Kier alpha value is -1.97. The van der Waals surface area contributed by atoms with Crippen LogP contribution in [0.1, 0.15) is 5.56 Å². The largest absolute Gasteiger partial charge is 0.308 e. The van der Waals surface area contributed by atoms with Gasteiger partial charge in [0.25, 0.3) is 0 Å². The van der Waals surface area contributed by atoms with Crippen LogP contribution in [0.3, 0.4) is 0 Å². The van der Waals surface area contributed by atoms with Crippen LogP contribution in [0.4, 0.5) is 5.82 Å². The summed E-state index contributed by atoms with van der Waals surface area (Å²) in [6.07, 6.45) is 4.79. The average Bonchev–Trinajstić information content (AvgIpc) is 2.84. The summed E-state index contributed by atoms with van der Waals surface area (Å²) in [5.74, 6) is 5.52. The highest BCUT2D eigenvalue weighted by molar-refractivity contribution is 7.89. The first-order valence-electron chi connectivity index (χ1n) is 5.80. The second-order valence-corrected chi connectivity index (χ2v) is 6.35. The smallest absolute Gasteiger partial charge is 0.243 e. The van der Waals surface area contributed by atoms with Crippen LogP contribution >= 0.6 is 0 Å². The van der Waals surface area contributed by atoms with Crippen molar-refractivity contribution in [2.24, 2.45) is 12.9 Å². The van der Waals surface area contributed by atoms with Crippen LogP contribution in [-0.2, 0) is 23.6 Å². The number of hydrazine groups is 1. The van der Waals surface area contributed by atoms with Gasteiger partial charge in [0, 0.05) is 44.7 Å². The molecular formula is C11H16N6O2S. The summed E-state index contributed by atoms with van der Waals surface area (Å²) in [6, 6.07) is 2.81. The highest BCUT2D eigenvalue weighted by atomic mass is 32.2. The van der Waals surface area contributed by atoms with Crippen LogP contribution < -0.4 is 11.3 Å². The van der Waals surface area contributed by atoms with Gasteiger partial charge in [-0.05, 0) is 6.07 Å². The third-order valence-electron chi connectivity index (χ3n) is 2.75. The lowest BCUT2D eigenvalue weighted by Crippen LogP contribution is -2.26. The molecule has 2 heterocycles. The average molecular weight is 296 g/mol. The van der Waals surface area contributed by atoms with Crippen LogP contribution in [0.5, 0.6) is 0 Å². The summed E-state index contributed by atoms with van der Waals surface area (Å²) in [4.78, 5) is 4.02. The van der Waals surface area contributed by atoms with E-state index in [4.69, 9.17) is 5.84 Å². The maximum absolute atomic E-state index is 12.4. The normalized spacial score (nSPS) is 11.8. The number of sulfonamides is 1. The van der Waals surface area contributed by atoms with Crippen molar-refractivity contribution in [1.82, 2.24) is 19.1 Å². The van der Waals surface area contributed by atoms with E-state index in [0.717, 1.165) is 5.56 Å². The Morgan fingerprint density at radius 3 is 2.85 bits per heavy atom. The van der Waals surface area contributed by atoms with Gasteiger partial charge >= 0.3 is 0 Å². The highest BCUT2D eigenvalue weighted by Crippen LogP contribution is 2.18. The van der Waals surface area contributed by atoms with Gasteiger partial charge in [-0.25, -0.2) is 19.2 Å². The van der Waals surface area contributed by atoms with Crippen molar-refractivity contribution in [1.29, 1.82) is 0 Å². The fraction of sp³-hybridized carbons (Fsp3) is 0.273. The zero-order valence-electron chi connectivity index (χ0n) is 11.2. The predicted octanol–water partition coefficient (Wildman–Crippen LogP) is -0.0786. The molecule has 0 spiro atoms. The van der Waals surface area contributed by atoms with E-state index in [1.165, 1.54) is 29.7 Å². The second-order valence-electron chi connectivity index (χ2n) is 4.30. The van der Waals surface area contributed by atoms with Gasteiger partial charge < -0.3 is 5.43 Å². The van der Waals surface area contributed by atoms with E-state index in [-0.39, 0.29) is 11.4 Å². The number of nitrogens with zero attached hydrogens (tertiary/aromatic N) is 4. The molecule has 0 aliphatic rings. The van der Waals surface area contributed by atoms with Crippen LogP contribution in [0, 0.1) is 0 Å². The lowest BCUT2D eigenvalue weighted by atomic mass is 10.4. The van der Waals surface area contributed by atoms with Gasteiger partial charge in [-0.2, -0.15) is 9.40 Å². The summed E-state index contributed by atoms with van der Waals surface area (Å²) in [5, 5.41) is 4.01. The molecule has 0 amide bonds. The molecule has 2 rings (SSSR count). The van der Waals surface area contributed by atoms with Crippen molar-refractivity contribution in [2.45, 2.75) is 11.4 Å². The van der Waals surface area contributed by atoms with Crippen molar-refractivity contribution in [2.75, 3.05) is 12.5 Å². The lowest BCUT2D eigenvalue weighted by Gasteiger charge is -2.16. The Kier molecular flexibility index (Phi) is 4.02. The van der Waals surface area contributed by atoms with E-state index in [1.807, 2.05) is 0 Å². The summed E-state index contributed by atoms with van der Waals surface area (Å²) >= 11 is 0. The van der Waals surface area contributed by atoms with Crippen LogP contribution in [0.15, 0.2) is 35.6 Å². The van der Waals surface area contributed by atoms with Gasteiger partial charge in [0.05, 0.1) is 11.1 Å². The number of rotatable bonds is 5. The van der Waals surface area contributed by atoms with E-state index in [2.05, 4.69) is 15.5 Å². The van der Waals surface area contributed by atoms with E-state index < -0.39 is 10.0 Å². The maximum atomic E-state index is 12.4. The van der Waals surface area contributed by atoms with Gasteiger partial charge in [-0.1, -0.05) is 0 Å². The van der Waals surface area contributed by atoms with Gasteiger partial charge in [-0.3, -0.25) is 4.68 Å². The molecule has 0 saturated heterocycles. The summed E-state index contributed by atoms with van der Waals surface area (Å²) in [5.41, 5.74) is 3.13. The fourth-order valence-corrected chi connectivity index (χ4v) is 2.90. The number of anilines is 1. The first-order valence-corrected chi connectivity index (χ1v) is 7.24. The molecule has 0 bridgehead atoms. The minimum atomic E-state index is -3.60. The van der Waals surface area contributed by atoms with Gasteiger partial charge in [-0.15, -0.1) is 0 Å².